The largest absolute Gasteiger partial charge is 0.479 e. The molecule has 19 heavy (non-hydrogen) atoms. The van der Waals surface area contributed by atoms with E-state index in [0.717, 1.165) is 0 Å². The van der Waals surface area contributed by atoms with Crippen LogP contribution >= 0.6 is 0 Å². The van der Waals surface area contributed by atoms with Gasteiger partial charge in [-0.15, -0.1) is 0 Å². The van der Waals surface area contributed by atoms with Gasteiger partial charge in [0.25, 0.3) is 0 Å². The molecule has 0 radical (unpaired) electrons. The summed E-state index contributed by atoms with van der Waals surface area (Å²) in [6.45, 7) is 0.304. The van der Waals surface area contributed by atoms with E-state index in [1.54, 1.807) is 30.3 Å². The van der Waals surface area contributed by atoms with Gasteiger partial charge in [0.1, 0.15) is 0 Å². The second-order valence-corrected chi connectivity index (χ2v) is 4.87. The van der Waals surface area contributed by atoms with Crippen LogP contribution in [0.3, 0.4) is 0 Å². The topological polar surface area (TPSA) is 109 Å². The molecule has 6 nitrogen and oxygen atoms in total. The summed E-state index contributed by atoms with van der Waals surface area (Å²) < 4.78 is 22.3. The molecule has 1 atom stereocenters. The maximum atomic E-state index is 11.2. The average molecular weight is 284 g/mol. The van der Waals surface area contributed by atoms with Crippen LogP contribution in [0, 0.1) is 0 Å². The van der Waals surface area contributed by atoms with Crippen molar-refractivity contribution in [3.8, 4) is 0 Å². The van der Waals surface area contributed by atoms with E-state index >= 15 is 0 Å². The standard InChI is InChI=1S/C12H16N2O4S/c13-8-4-7-10(19(17)18)11(12(15)16)14-9-5-2-1-3-6-9/h1-3,5-6,11,14H,4,7-8,13H2,(H,15,16)/t11-/m0/s1. The van der Waals surface area contributed by atoms with Crippen LogP contribution in [0.15, 0.2) is 30.3 Å². The molecule has 1 aromatic rings. The maximum absolute atomic E-state index is 11.2. The van der Waals surface area contributed by atoms with Crippen molar-refractivity contribution in [3.05, 3.63) is 30.3 Å². The second-order valence-electron chi connectivity index (χ2n) is 3.87. The molecule has 0 aliphatic heterocycles. The van der Waals surface area contributed by atoms with Crippen molar-refractivity contribution >= 4 is 26.8 Å². The van der Waals surface area contributed by atoms with Crippen molar-refractivity contribution in [2.75, 3.05) is 11.9 Å². The first-order valence-corrected chi connectivity index (χ1v) is 6.83. The summed E-state index contributed by atoms with van der Waals surface area (Å²) in [5, 5.41) is 11.9. The number of benzene rings is 1. The fourth-order valence-corrected chi connectivity index (χ4v) is 2.24. The van der Waals surface area contributed by atoms with E-state index < -0.39 is 22.3 Å². The molecule has 1 rings (SSSR count). The minimum absolute atomic E-state index is 0.0956. The summed E-state index contributed by atoms with van der Waals surface area (Å²) in [6.07, 6.45) is 0.549. The van der Waals surface area contributed by atoms with Crippen molar-refractivity contribution in [3.63, 3.8) is 0 Å². The Balaban J connectivity index is 2.99. The van der Waals surface area contributed by atoms with E-state index in [4.69, 9.17) is 10.8 Å². The molecule has 1 aromatic carbocycles. The van der Waals surface area contributed by atoms with Gasteiger partial charge in [0.2, 0.25) is 10.3 Å². The van der Waals surface area contributed by atoms with E-state index in [9.17, 15) is 13.2 Å². The molecule has 0 saturated heterocycles. The summed E-state index contributed by atoms with van der Waals surface area (Å²) in [5.74, 6) is -1.24. The highest BCUT2D eigenvalue weighted by Gasteiger charge is 2.24. The molecule has 0 unspecified atom stereocenters. The highest BCUT2D eigenvalue weighted by atomic mass is 32.2. The molecule has 0 aromatic heterocycles. The van der Waals surface area contributed by atoms with Gasteiger partial charge >= 0.3 is 5.97 Å². The first-order chi connectivity index (χ1) is 9.06. The zero-order valence-electron chi connectivity index (χ0n) is 10.2. The van der Waals surface area contributed by atoms with E-state index in [0.29, 0.717) is 18.7 Å². The van der Waals surface area contributed by atoms with Gasteiger partial charge in [-0.05, 0) is 31.5 Å². The molecule has 104 valence electrons. The lowest BCUT2D eigenvalue weighted by molar-refractivity contribution is -0.136. The quantitative estimate of drug-likeness (QED) is 0.623. The summed E-state index contributed by atoms with van der Waals surface area (Å²) >= 11 is 0. The molecule has 0 saturated carbocycles. The zero-order chi connectivity index (χ0) is 14.3. The number of para-hydroxylation sites is 1. The smallest absolute Gasteiger partial charge is 0.331 e. The van der Waals surface area contributed by atoms with Crippen LogP contribution in [0.25, 0.3) is 0 Å². The first kappa shape index (κ1) is 15.2. The van der Waals surface area contributed by atoms with Gasteiger partial charge in [0.05, 0.1) is 4.86 Å². The van der Waals surface area contributed by atoms with Gasteiger partial charge in [0, 0.05) is 5.69 Å². The van der Waals surface area contributed by atoms with Crippen molar-refractivity contribution in [1.82, 2.24) is 0 Å². The Morgan fingerprint density at radius 3 is 2.42 bits per heavy atom. The number of hydrogen-bond acceptors (Lipinski definition) is 5. The summed E-state index contributed by atoms with van der Waals surface area (Å²) in [6, 6.07) is 7.32. The van der Waals surface area contributed by atoms with Gasteiger partial charge in [-0.3, -0.25) is 0 Å². The van der Waals surface area contributed by atoms with Crippen LogP contribution in [0.4, 0.5) is 5.69 Å². The van der Waals surface area contributed by atoms with E-state index in [2.05, 4.69) is 5.32 Å². The third-order valence-corrected chi connectivity index (χ3v) is 3.36. The highest BCUT2D eigenvalue weighted by molar-refractivity contribution is 7.73. The van der Waals surface area contributed by atoms with Crippen LogP contribution in [0.2, 0.25) is 0 Å². The van der Waals surface area contributed by atoms with Gasteiger partial charge in [-0.25, -0.2) is 4.79 Å². The molecule has 0 spiro atoms. The van der Waals surface area contributed by atoms with E-state index in [-0.39, 0.29) is 11.3 Å². The maximum Gasteiger partial charge on any atom is 0.331 e. The second kappa shape index (κ2) is 7.55. The number of rotatable bonds is 7. The van der Waals surface area contributed by atoms with Crippen LogP contribution in [0.5, 0.6) is 0 Å². The fourth-order valence-electron chi connectivity index (χ4n) is 1.58. The summed E-state index contributed by atoms with van der Waals surface area (Å²) in [4.78, 5) is 11.1. The van der Waals surface area contributed by atoms with E-state index in [1.165, 1.54) is 0 Å². The number of aliphatic carboxylic acids is 1. The SMILES string of the molecule is NCCCC([C@H](Nc1ccccc1)C(=O)O)=S(=O)=O. The molecule has 7 heteroatoms. The Morgan fingerprint density at radius 2 is 1.95 bits per heavy atom. The molecular formula is C12H16N2O4S. The number of anilines is 1. The molecule has 0 amide bonds. The number of nitrogens with two attached hydrogens (primary N) is 1. The number of hydrogen-bond donors (Lipinski definition) is 3. The third kappa shape index (κ3) is 4.72. The molecule has 0 heterocycles. The molecule has 0 aliphatic carbocycles. The third-order valence-electron chi connectivity index (χ3n) is 2.50. The Labute approximate surface area is 112 Å². The normalized spacial score (nSPS) is 11.6. The van der Waals surface area contributed by atoms with Crippen molar-refractivity contribution in [2.45, 2.75) is 18.9 Å². The molecule has 0 bridgehead atoms. The lowest BCUT2D eigenvalue weighted by Gasteiger charge is -2.16. The van der Waals surface area contributed by atoms with Gasteiger partial charge in [-0.2, -0.15) is 8.42 Å². The van der Waals surface area contributed by atoms with Crippen LogP contribution in [-0.4, -0.2) is 36.9 Å². The minimum Gasteiger partial charge on any atom is -0.479 e. The predicted octanol–water partition coefficient (Wildman–Crippen LogP) is 0.342. The number of carboxylic acid groups (broad SMARTS) is 1. The molecule has 0 fully saturated rings. The number of carboxylic acids is 1. The Hall–Kier alpha value is -1.86. The molecule has 4 N–H and O–H groups in total. The minimum atomic E-state index is -2.56. The number of nitrogens with one attached hydrogen (secondary N) is 1. The van der Waals surface area contributed by atoms with Gasteiger partial charge in [0.15, 0.2) is 6.04 Å². The monoisotopic (exact) mass is 284 g/mol. The summed E-state index contributed by atoms with van der Waals surface area (Å²) in [7, 11) is -2.56. The fraction of sp³-hybridized carbons (Fsp3) is 0.333. The van der Waals surface area contributed by atoms with Crippen LogP contribution < -0.4 is 11.1 Å². The van der Waals surface area contributed by atoms with Crippen molar-refractivity contribution in [1.29, 1.82) is 0 Å². The van der Waals surface area contributed by atoms with Gasteiger partial charge in [-0.1, -0.05) is 18.2 Å². The number of carbonyl (C=O) groups is 1. The van der Waals surface area contributed by atoms with Gasteiger partial charge < -0.3 is 16.2 Å². The molecular weight excluding hydrogens is 268 g/mol. The molecule has 0 aliphatic rings. The van der Waals surface area contributed by atoms with Crippen LogP contribution in [-0.2, 0) is 15.1 Å². The zero-order valence-corrected chi connectivity index (χ0v) is 11.1. The summed E-state index contributed by atoms with van der Waals surface area (Å²) in [5.41, 5.74) is 5.87. The highest BCUT2D eigenvalue weighted by Crippen LogP contribution is 2.10. The lowest BCUT2D eigenvalue weighted by Crippen LogP contribution is -2.38. The lowest BCUT2D eigenvalue weighted by atomic mass is 10.1. The van der Waals surface area contributed by atoms with Crippen molar-refractivity contribution in [2.24, 2.45) is 5.73 Å². The Bertz CT molecular complexity index is 546. The van der Waals surface area contributed by atoms with Crippen LogP contribution in [0.1, 0.15) is 12.8 Å². The van der Waals surface area contributed by atoms with E-state index in [1.807, 2.05) is 0 Å². The Morgan fingerprint density at radius 1 is 1.32 bits per heavy atom. The first-order valence-electron chi connectivity index (χ1n) is 5.75. The van der Waals surface area contributed by atoms with Crippen molar-refractivity contribution < 1.29 is 18.3 Å². The Kier molecular flexibility index (Phi) is 6.04. The average Bonchev–Trinajstić information content (AvgIpc) is 2.38. The predicted molar refractivity (Wildman–Crippen MR) is 73.7 cm³/mol.